The molecule has 2 heterocycles. The van der Waals surface area contributed by atoms with Gasteiger partial charge in [-0.25, -0.2) is 9.99 Å². The molecule has 31 heavy (non-hydrogen) atoms. The van der Waals surface area contributed by atoms with Crippen molar-refractivity contribution < 1.29 is 8.42 Å². The highest BCUT2D eigenvalue weighted by molar-refractivity contribution is 8.13. The molecule has 0 bridgehead atoms. The summed E-state index contributed by atoms with van der Waals surface area (Å²) in [4.78, 5) is 3.93. The van der Waals surface area contributed by atoms with Gasteiger partial charge in [-0.05, 0) is 29.5 Å². The quantitative estimate of drug-likeness (QED) is 0.423. The van der Waals surface area contributed by atoms with Crippen LogP contribution in [0.2, 0.25) is 5.02 Å². The van der Waals surface area contributed by atoms with Gasteiger partial charge in [0.25, 0.3) is 0 Å². The van der Waals surface area contributed by atoms with Crippen LogP contribution >= 0.6 is 23.4 Å². The number of hydrazone groups is 1. The van der Waals surface area contributed by atoms with Crippen LogP contribution < -0.4 is 0 Å². The van der Waals surface area contributed by atoms with Gasteiger partial charge in [0.15, 0.2) is 10.2 Å². The number of amidine groups is 1. The molecule has 1 aromatic heterocycles. The van der Waals surface area contributed by atoms with Crippen molar-refractivity contribution in [2.24, 2.45) is 16.5 Å². The van der Waals surface area contributed by atoms with Crippen molar-refractivity contribution in [1.82, 2.24) is 14.6 Å². The van der Waals surface area contributed by atoms with Crippen molar-refractivity contribution in [2.75, 3.05) is 12.8 Å². The number of benzene rings is 2. The highest BCUT2D eigenvalue weighted by Crippen LogP contribution is 2.31. The molecule has 0 aliphatic carbocycles. The molecule has 1 aliphatic heterocycles. The summed E-state index contributed by atoms with van der Waals surface area (Å²) in [5.74, 6) is -0.0442. The third-order valence-electron chi connectivity index (χ3n) is 4.80. The number of aryl methyl sites for hydroxylation is 1. The lowest BCUT2D eigenvalue weighted by molar-refractivity contribution is 0.484. The largest absolute Gasteiger partial charge is 0.339 e. The number of thioether (sulfide) groups is 1. The Morgan fingerprint density at radius 3 is 2.48 bits per heavy atom. The van der Waals surface area contributed by atoms with E-state index in [1.807, 2.05) is 54.6 Å². The standard InChI is InChI=1S/C21H20ClN5O2S2/c1-26-13-19(23-14-26)31(28,29)25-21(30-2)27-12-18(15-6-4-3-5-7-15)20(24-27)16-8-10-17(22)11-9-16/h3-11,13-14,18H,12H2,1-2H3. The Kier molecular flexibility index (Phi) is 6.17. The Balaban J connectivity index is 1.74. The summed E-state index contributed by atoms with van der Waals surface area (Å²) in [5, 5.41) is 7.25. The lowest BCUT2D eigenvalue weighted by Crippen LogP contribution is -2.24. The zero-order valence-electron chi connectivity index (χ0n) is 16.9. The monoisotopic (exact) mass is 473 g/mol. The first-order valence-corrected chi connectivity index (χ1v) is 12.5. The zero-order chi connectivity index (χ0) is 22.0. The number of sulfonamides is 1. The van der Waals surface area contributed by atoms with Crippen LogP contribution in [0.5, 0.6) is 0 Å². The number of aromatic nitrogens is 2. The molecule has 1 atom stereocenters. The minimum atomic E-state index is -3.95. The van der Waals surface area contributed by atoms with Crippen molar-refractivity contribution in [3.8, 4) is 0 Å². The highest BCUT2D eigenvalue weighted by Gasteiger charge is 2.32. The first-order chi connectivity index (χ1) is 14.9. The van der Waals surface area contributed by atoms with Crippen molar-refractivity contribution >= 4 is 44.3 Å². The molecule has 0 radical (unpaired) electrons. The Bertz CT molecular complexity index is 1240. The van der Waals surface area contributed by atoms with Gasteiger partial charge in [-0.3, -0.25) is 0 Å². The molecule has 10 heteroatoms. The predicted molar refractivity (Wildman–Crippen MR) is 125 cm³/mol. The maximum Gasteiger partial charge on any atom is 0.303 e. The molecule has 0 fully saturated rings. The van der Waals surface area contributed by atoms with E-state index in [1.165, 1.54) is 24.3 Å². The van der Waals surface area contributed by atoms with Gasteiger partial charge in [0.2, 0.25) is 0 Å². The maximum absolute atomic E-state index is 12.7. The highest BCUT2D eigenvalue weighted by atomic mass is 35.5. The van der Waals surface area contributed by atoms with E-state index in [9.17, 15) is 8.42 Å². The molecule has 1 unspecified atom stereocenters. The van der Waals surface area contributed by atoms with E-state index >= 15 is 0 Å². The van der Waals surface area contributed by atoms with Crippen molar-refractivity contribution in [3.63, 3.8) is 0 Å². The summed E-state index contributed by atoms with van der Waals surface area (Å²) >= 11 is 7.29. The lowest BCUT2D eigenvalue weighted by Gasteiger charge is -2.16. The molecule has 4 rings (SSSR count). The van der Waals surface area contributed by atoms with Gasteiger partial charge >= 0.3 is 10.0 Å². The number of nitrogens with zero attached hydrogens (tertiary/aromatic N) is 5. The minimum Gasteiger partial charge on any atom is -0.339 e. The second-order valence-corrected chi connectivity index (χ2v) is 9.73. The smallest absolute Gasteiger partial charge is 0.303 e. The van der Waals surface area contributed by atoms with Gasteiger partial charge in [0.05, 0.1) is 18.6 Å². The Morgan fingerprint density at radius 1 is 1.16 bits per heavy atom. The molecule has 0 saturated carbocycles. The molecule has 1 aliphatic rings. The SMILES string of the molecule is CSC(=NS(=O)(=O)c1cn(C)cn1)N1CC(c2ccccc2)C(c2ccc(Cl)cc2)=N1. The topological polar surface area (TPSA) is 79.9 Å². The van der Waals surface area contributed by atoms with E-state index in [0.29, 0.717) is 11.6 Å². The van der Waals surface area contributed by atoms with Crippen molar-refractivity contribution in [2.45, 2.75) is 10.9 Å². The van der Waals surface area contributed by atoms with E-state index < -0.39 is 10.0 Å². The molecule has 0 N–H and O–H groups in total. The normalized spacial score (nSPS) is 17.1. The molecule has 0 amide bonds. The third kappa shape index (κ3) is 4.68. The van der Waals surface area contributed by atoms with E-state index in [0.717, 1.165) is 16.8 Å². The molecule has 7 nitrogen and oxygen atoms in total. The average Bonchev–Trinajstić information content (AvgIpc) is 3.41. The molecule has 160 valence electrons. The zero-order valence-corrected chi connectivity index (χ0v) is 19.3. The van der Waals surface area contributed by atoms with E-state index in [4.69, 9.17) is 16.7 Å². The van der Waals surface area contributed by atoms with Crippen molar-refractivity contribution in [1.29, 1.82) is 0 Å². The van der Waals surface area contributed by atoms with Gasteiger partial charge in [-0.2, -0.15) is 13.5 Å². The number of halogens is 1. The third-order valence-corrected chi connectivity index (χ3v) is 6.99. The van der Waals surface area contributed by atoms with Crippen LogP contribution in [0, 0.1) is 0 Å². The second kappa shape index (κ2) is 8.86. The number of rotatable bonds is 4. The number of hydrogen-bond acceptors (Lipinski definition) is 5. The summed E-state index contributed by atoms with van der Waals surface area (Å²) in [6.07, 6.45) is 4.63. The van der Waals surface area contributed by atoms with Gasteiger partial charge in [-0.15, -0.1) is 4.40 Å². The van der Waals surface area contributed by atoms with E-state index in [-0.39, 0.29) is 16.1 Å². The average molecular weight is 474 g/mol. The molecule has 0 spiro atoms. The van der Waals surface area contributed by atoms with Crippen LogP contribution in [0.25, 0.3) is 0 Å². The van der Waals surface area contributed by atoms with E-state index in [1.54, 1.807) is 22.9 Å². The van der Waals surface area contributed by atoms with Crippen LogP contribution in [-0.4, -0.2) is 46.7 Å². The first kappa shape index (κ1) is 21.6. The lowest BCUT2D eigenvalue weighted by atomic mass is 9.91. The second-order valence-electron chi connectivity index (χ2n) is 6.97. The summed E-state index contributed by atoms with van der Waals surface area (Å²) in [6, 6.07) is 17.5. The number of hydrogen-bond donors (Lipinski definition) is 0. The predicted octanol–water partition coefficient (Wildman–Crippen LogP) is 3.98. The van der Waals surface area contributed by atoms with Crippen LogP contribution in [0.3, 0.4) is 0 Å². The molecular formula is C21H20ClN5O2S2. The summed E-state index contributed by atoms with van der Waals surface area (Å²) in [7, 11) is -2.24. The van der Waals surface area contributed by atoms with E-state index in [2.05, 4.69) is 9.38 Å². The Morgan fingerprint density at radius 2 is 1.87 bits per heavy atom. The molecule has 3 aromatic rings. The van der Waals surface area contributed by atoms with Gasteiger partial charge in [0.1, 0.15) is 0 Å². The summed E-state index contributed by atoms with van der Waals surface area (Å²) in [6.45, 7) is 0.472. The van der Waals surface area contributed by atoms with Crippen LogP contribution in [0.1, 0.15) is 17.0 Å². The molecule has 2 aromatic carbocycles. The van der Waals surface area contributed by atoms with Gasteiger partial charge < -0.3 is 4.57 Å². The van der Waals surface area contributed by atoms with Gasteiger partial charge in [-0.1, -0.05) is 65.8 Å². The Hall–Kier alpha value is -2.62. The summed E-state index contributed by atoms with van der Waals surface area (Å²) in [5.41, 5.74) is 2.85. The van der Waals surface area contributed by atoms with Crippen LogP contribution in [0.15, 0.2) is 81.6 Å². The maximum atomic E-state index is 12.7. The fraction of sp³-hybridized carbons (Fsp3) is 0.190. The Labute approximate surface area is 190 Å². The van der Waals surface area contributed by atoms with Crippen LogP contribution in [0.4, 0.5) is 0 Å². The van der Waals surface area contributed by atoms with Crippen molar-refractivity contribution in [3.05, 3.63) is 83.3 Å². The fourth-order valence-corrected chi connectivity index (χ4v) is 5.23. The molecule has 0 saturated heterocycles. The fourth-order valence-electron chi connectivity index (χ4n) is 3.31. The van der Waals surface area contributed by atoms with Gasteiger partial charge in [0, 0.05) is 24.2 Å². The number of imidazole rings is 1. The van der Waals surface area contributed by atoms with Crippen LogP contribution in [-0.2, 0) is 17.1 Å². The molecular weight excluding hydrogens is 454 g/mol. The minimum absolute atomic E-state index is 0.0442. The first-order valence-electron chi connectivity index (χ1n) is 9.41. The summed E-state index contributed by atoms with van der Waals surface area (Å²) < 4.78 is 31.1.